The number of benzene rings is 2. The van der Waals surface area contributed by atoms with Gasteiger partial charge in [-0.15, -0.1) is 24.5 Å². The number of likely N-dealkylation sites (tertiary alicyclic amines) is 1. The lowest BCUT2D eigenvalue weighted by molar-refractivity contribution is -0.274. The number of alkyl halides is 3. The van der Waals surface area contributed by atoms with Gasteiger partial charge in [-0.1, -0.05) is 36.4 Å². The average molecular weight is 554 g/mol. The number of hydrogen-bond acceptors (Lipinski definition) is 6. The van der Waals surface area contributed by atoms with E-state index < -0.39 is 6.36 Å². The number of rotatable bonds is 8. The van der Waals surface area contributed by atoms with Crippen molar-refractivity contribution in [3.8, 4) is 16.9 Å². The first-order valence-electron chi connectivity index (χ1n) is 12.5. The van der Waals surface area contributed by atoms with Crippen molar-refractivity contribution in [1.82, 2.24) is 9.88 Å². The number of hydrogen-bond donors (Lipinski definition) is 1. The van der Waals surface area contributed by atoms with Crippen LogP contribution in [0.2, 0.25) is 0 Å². The van der Waals surface area contributed by atoms with Crippen molar-refractivity contribution >= 4 is 29.0 Å². The van der Waals surface area contributed by atoms with Crippen molar-refractivity contribution in [1.29, 1.82) is 0 Å². The third-order valence-corrected chi connectivity index (χ3v) is 7.46. The molecular formula is C29H26F3N3O3S. The van der Waals surface area contributed by atoms with E-state index in [1.165, 1.54) is 35.6 Å². The molecule has 1 aliphatic heterocycles. The van der Waals surface area contributed by atoms with Gasteiger partial charge in [0.1, 0.15) is 17.2 Å². The molecule has 0 aliphatic carbocycles. The summed E-state index contributed by atoms with van der Waals surface area (Å²) in [5.41, 5.74) is 2.21. The maximum atomic E-state index is 13.0. The van der Waals surface area contributed by atoms with Gasteiger partial charge in [0.15, 0.2) is 0 Å². The largest absolute Gasteiger partial charge is 0.573 e. The number of piperidine rings is 1. The van der Waals surface area contributed by atoms with E-state index in [0.29, 0.717) is 28.4 Å². The van der Waals surface area contributed by atoms with Crippen molar-refractivity contribution in [2.75, 3.05) is 25.0 Å². The highest BCUT2D eigenvalue weighted by Gasteiger charge is 2.31. The number of halogens is 3. The average Bonchev–Trinajstić information content (AvgIpc) is 3.62. The summed E-state index contributed by atoms with van der Waals surface area (Å²) in [5.74, 6) is 0.516. The van der Waals surface area contributed by atoms with Gasteiger partial charge >= 0.3 is 6.36 Å². The van der Waals surface area contributed by atoms with E-state index in [1.54, 1.807) is 35.9 Å². The first kappa shape index (κ1) is 26.7. The van der Waals surface area contributed by atoms with Gasteiger partial charge in [-0.2, -0.15) is 0 Å². The maximum Gasteiger partial charge on any atom is 0.573 e. The Hall–Kier alpha value is -3.89. The molecule has 202 valence electrons. The number of thiazole rings is 1. The minimum atomic E-state index is -4.76. The maximum absolute atomic E-state index is 13.0. The van der Waals surface area contributed by atoms with E-state index in [4.69, 9.17) is 4.42 Å². The van der Waals surface area contributed by atoms with E-state index in [1.807, 2.05) is 18.2 Å². The molecule has 6 nitrogen and oxygen atoms in total. The molecule has 0 spiro atoms. The van der Waals surface area contributed by atoms with Crippen LogP contribution in [-0.2, 0) is 0 Å². The molecule has 39 heavy (non-hydrogen) atoms. The summed E-state index contributed by atoms with van der Waals surface area (Å²) in [6.07, 6.45) is 2.93. The Morgan fingerprint density at radius 1 is 1.10 bits per heavy atom. The molecule has 10 heteroatoms. The Balaban J connectivity index is 1.18. The first-order valence-corrected chi connectivity index (χ1v) is 13.4. The fourth-order valence-electron chi connectivity index (χ4n) is 4.51. The van der Waals surface area contributed by atoms with Crippen LogP contribution < -0.4 is 10.1 Å². The molecule has 4 aromatic rings. The third-order valence-electron chi connectivity index (χ3n) is 6.45. The third kappa shape index (κ3) is 7.15. The minimum absolute atomic E-state index is 0.307. The molecule has 1 N–H and O–H groups in total. The second-order valence-corrected chi connectivity index (χ2v) is 10.0. The molecule has 0 saturated carbocycles. The summed E-state index contributed by atoms with van der Waals surface area (Å²) in [6, 6.07) is 16.4. The summed E-state index contributed by atoms with van der Waals surface area (Å²) in [5, 5.41) is 5.64. The van der Waals surface area contributed by atoms with Crippen LogP contribution in [0.4, 0.5) is 18.9 Å². The predicted octanol–water partition coefficient (Wildman–Crippen LogP) is 7.45. The monoisotopic (exact) mass is 553 g/mol. The number of carbonyl (C=O) groups is 1. The predicted molar refractivity (Wildman–Crippen MR) is 145 cm³/mol. The number of ether oxygens (including phenoxy) is 1. The Morgan fingerprint density at radius 3 is 2.59 bits per heavy atom. The highest BCUT2D eigenvalue weighted by molar-refractivity contribution is 7.10. The lowest BCUT2D eigenvalue weighted by atomic mass is 9.97. The van der Waals surface area contributed by atoms with Crippen molar-refractivity contribution in [3.63, 3.8) is 0 Å². The van der Waals surface area contributed by atoms with Gasteiger partial charge in [-0.3, -0.25) is 9.69 Å². The second-order valence-electron chi connectivity index (χ2n) is 9.14. The lowest BCUT2D eigenvalue weighted by Crippen LogP contribution is -2.33. The van der Waals surface area contributed by atoms with E-state index >= 15 is 0 Å². The number of nitrogens with zero attached hydrogens (tertiary/aromatic N) is 2. The van der Waals surface area contributed by atoms with Gasteiger partial charge in [0, 0.05) is 29.1 Å². The van der Waals surface area contributed by atoms with Gasteiger partial charge < -0.3 is 14.5 Å². The molecular weight excluding hydrogens is 527 g/mol. The van der Waals surface area contributed by atoms with E-state index in [0.717, 1.165) is 43.2 Å². The Bertz CT molecular complexity index is 1410. The van der Waals surface area contributed by atoms with Gasteiger partial charge in [-0.05, 0) is 67.9 Å². The molecule has 2 aromatic heterocycles. The molecule has 0 radical (unpaired) electrons. The molecule has 3 heterocycles. The van der Waals surface area contributed by atoms with Crippen LogP contribution in [0.1, 0.15) is 40.0 Å². The number of carbonyl (C=O) groups excluding carboxylic acids is 1. The standard InChI is InChI=1S/C29H26F3N3O3S/c30-29(31,32)38-23-11-9-20(10-12-23)24-7-1-2-8-25(24)33-27(36)26-19-39-28(34-26)21-13-16-35(17-14-21)15-3-5-22-6-4-18-37-22/h1-12,18-19,21H,13-17H2,(H,33,36)/b5-3-. The van der Waals surface area contributed by atoms with Crippen molar-refractivity contribution in [2.45, 2.75) is 25.1 Å². The summed E-state index contributed by atoms with van der Waals surface area (Å²) in [6.45, 7) is 2.76. The number of anilines is 1. The van der Waals surface area contributed by atoms with Gasteiger partial charge in [-0.25, -0.2) is 4.98 Å². The van der Waals surface area contributed by atoms with Crippen molar-refractivity contribution in [3.05, 3.63) is 94.8 Å². The van der Waals surface area contributed by atoms with Crippen LogP contribution in [0.25, 0.3) is 17.2 Å². The normalized spacial score (nSPS) is 15.1. The lowest BCUT2D eigenvalue weighted by Gasteiger charge is -2.30. The van der Waals surface area contributed by atoms with Crippen molar-refractivity contribution < 1.29 is 27.1 Å². The number of nitrogens with one attached hydrogen (secondary N) is 1. The van der Waals surface area contributed by atoms with Crippen LogP contribution >= 0.6 is 11.3 Å². The number of furan rings is 1. The zero-order valence-electron chi connectivity index (χ0n) is 20.9. The molecule has 1 fully saturated rings. The summed E-state index contributed by atoms with van der Waals surface area (Å²) in [7, 11) is 0. The molecule has 1 amide bonds. The highest BCUT2D eigenvalue weighted by Crippen LogP contribution is 2.33. The van der Waals surface area contributed by atoms with Crippen LogP contribution in [0, 0.1) is 0 Å². The quantitative estimate of drug-likeness (QED) is 0.246. The molecule has 2 aromatic carbocycles. The molecule has 5 rings (SSSR count). The van der Waals surface area contributed by atoms with Crippen LogP contribution in [0.3, 0.4) is 0 Å². The number of aromatic nitrogens is 1. The molecule has 0 atom stereocenters. The molecule has 1 saturated heterocycles. The Morgan fingerprint density at radius 2 is 1.87 bits per heavy atom. The summed E-state index contributed by atoms with van der Waals surface area (Å²) >= 11 is 1.50. The minimum Gasteiger partial charge on any atom is -0.465 e. The first-order chi connectivity index (χ1) is 18.8. The number of para-hydroxylation sites is 1. The summed E-state index contributed by atoms with van der Waals surface area (Å²) < 4.78 is 46.7. The van der Waals surface area contributed by atoms with E-state index in [2.05, 4.69) is 26.0 Å². The van der Waals surface area contributed by atoms with Crippen molar-refractivity contribution in [2.24, 2.45) is 0 Å². The highest BCUT2D eigenvalue weighted by atomic mass is 32.1. The number of amides is 1. The zero-order valence-corrected chi connectivity index (χ0v) is 21.7. The molecule has 1 aliphatic rings. The Labute approximate surface area is 227 Å². The van der Waals surface area contributed by atoms with Gasteiger partial charge in [0.2, 0.25) is 0 Å². The Kier molecular flexibility index (Phi) is 8.13. The smallest absolute Gasteiger partial charge is 0.465 e. The zero-order chi connectivity index (χ0) is 27.2. The molecule has 0 unspecified atom stereocenters. The SMILES string of the molecule is O=C(Nc1ccccc1-c1ccc(OC(F)(F)F)cc1)c1csc(C2CCN(C/C=C\c3ccco3)CC2)n1. The topological polar surface area (TPSA) is 67.6 Å². The second kappa shape index (κ2) is 11.9. The van der Waals surface area contributed by atoms with E-state index in [-0.39, 0.29) is 11.7 Å². The van der Waals surface area contributed by atoms with E-state index in [9.17, 15) is 18.0 Å². The fourth-order valence-corrected chi connectivity index (χ4v) is 5.48. The van der Waals surface area contributed by atoms with Gasteiger partial charge in [0.05, 0.1) is 11.3 Å². The van der Waals surface area contributed by atoms with Gasteiger partial charge in [0.25, 0.3) is 5.91 Å². The summed E-state index contributed by atoms with van der Waals surface area (Å²) in [4.78, 5) is 20.1. The van der Waals surface area contributed by atoms with Crippen LogP contribution in [0.5, 0.6) is 5.75 Å². The van der Waals surface area contributed by atoms with Crippen LogP contribution in [0.15, 0.2) is 82.8 Å². The van der Waals surface area contributed by atoms with Crippen LogP contribution in [-0.4, -0.2) is 41.8 Å². The fraction of sp³-hybridized carbons (Fsp3) is 0.241. The molecule has 0 bridgehead atoms.